The van der Waals surface area contributed by atoms with Crippen molar-refractivity contribution in [2.24, 2.45) is 0 Å². The van der Waals surface area contributed by atoms with Crippen molar-refractivity contribution in [2.45, 2.75) is 51.7 Å². The van der Waals surface area contributed by atoms with E-state index in [1.54, 1.807) is 0 Å². The standard InChI is InChI=1S/C17H33N3O3/c1-17(2,3)23-16(21)20-11-9-19(10-12-20)8-5-7-18-15-6-4-13-22-14-15/h15,18H,4-14H2,1-3H3. The van der Waals surface area contributed by atoms with E-state index in [4.69, 9.17) is 9.47 Å². The monoisotopic (exact) mass is 327 g/mol. The van der Waals surface area contributed by atoms with Gasteiger partial charge in [-0.25, -0.2) is 4.79 Å². The van der Waals surface area contributed by atoms with Gasteiger partial charge in [0.25, 0.3) is 0 Å². The molecule has 0 saturated carbocycles. The fraction of sp³-hybridized carbons (Fsp3) is 0.941. The Morgan fingerprint density at radius 1 is 1.26 bits per heavy atom. The van der Waals surface area contributed by atoms with Crippen molar-refractivity contribution in [1.82, 2.24) is 15.1 Å². The van der Waals surface area contributed by atoms with Crippen LogP contribution in [0.25, 0.3) is 0 Å². The Labute approximate surface area is 140 Å². The van der Waals surface area contributed by atoms with E-state index >= 15 is 0 Å². The lowest BCUT2D eigenvalue weighted by Gasteiger charge is -2.35. The number of carbonyl (C=O) groups excluding carboxylic acids is 1. The summed E-state index contributed by atoms with van der Waals surface area (Å²) in [7, 11) is 0. The van der Waals surface area contributed by atoms with Gasteiger partial charge in [-0.05, 0) is 53.1 Å². The van der Waals surface area contributed by atoms with Crippen LogP contribution in [-0.2, 0) is 9.47 Å². The van der Waals surface area contributed by atoms with Crippen molar-refractivity contribution >= 4 is 6.09 Å². The predicted octanol–water partition coefficient (Wildman–Crippen LogP) is 1.70. The SMILES string of the molecule is CC(C)(C)OC(=O)N1CCN(CCCNC2CCCOC2)CC1. The first-order chi connectivity index (χ1) is 10.9. The zero-order valence-corrected chi connectivity index (χ0v) is 15.0. The predicted molar refractivity (Wildman–Crippen MR) is 90.7 cm³/mol. The number of hydrogen-bond donors (Lipinski definition) is 1. The molecule has 0 aromatic rings. The summed E-state index contributed by atoms with van der Waals surface area (Å²) < 4.78 is 10.9. The molecule has 0 aromatic carbocycles. The summed E-state index contributed by atoms with van der Waals surface area (Å²) >= 11 is 0. The molecular weight excluding hydrogens is 294 g/mol. The number of amides is 1. The van der Waals surface area contributed by atoms with Crippen LogP contribution in [0.3, 0.4) is 0 Å². The lowest BCUT2D eigenvalue weighted by atomic mass is 10.1. The number of carbonyl (C=O) groups is 1. The molecule has 1 unspecified atom stereocenters. The molecule has 0 radical (unpaired) electrons. The zero-order valence-electron chi connectivity index (χ0n) is 15.0. The summed E-state index contributed by atoms with van der Waals surface area (Å²) in [5.41, 5.74) is -0.414. The van der Waals surface area contributed by atoms with Crippen LogP contribution in [0.4, 0.5) is 4.79 Å². The lowest BCUT2D eigenvalue weighted by molar-refractivity contribution is 0.0144. The molecule has 1 amide bonds. The second-order valence-corrected chi connectivity index (χ2v) is 7.53. The van der Waals surface area contributed by atoms with Crippen molar-refractivity contribution in [3.63, 3.8) is 0 Å². The fourth-order valence-corrected chi connectivity index (χ4v) is 2.99. The summed E-state index contributed by atoms with van der Waals surface area (Å²) in [4.78, 5) is 16.3. The van der Waals surface area contributed by atoms with Crippen LogP contribution in [0.2, 0.25) is 0 Å². The summed E-state index contributed by atoms with van der Waals surface area (Å²) in [5.74, 6) is 0. The fourth-order valence-electron chi connectivity index (χ4n) is 2.99. The molecule has 2 heterocycles. The highest BCUT2D eigenvalue weighted by atomic mass is 16.6. The average molecular weight is 327 g/mol. The Balaban J connectivity index is 1.55. The normalized spacial score (nSPS) is 23.8. The van der Waals surface area contributed by atoms with Gasteiger partial charge < -0.3 is 19.7 Å². The molecule has 2 saturated heterocycles. The smallest absolute Gasteiger partial charge is 0.410 e. The molecule has 134 valence electrons. The van der Waals surface area contributed by atoms with Gasteiger partial charge in [0.15, 0.2) is 0 Å². The van der Waals surface area contributed by atoms with Crippen LogP contribution in [0.15, 0.2) is 0 Å². The van der Waals surface area contributed by atoms with E-state index in [1.165, 1.54) is 12.8 Å². The minimum absolute atomic E-state index is 0.184. The van der Waals surface area contributed by atoms with Gasteiger partial charge in [0.2, 0.25) is 0 Å². The van der Waals surface area contributed by atoms with Crippen LogP contribution in [0, 0.1) is 0 Å². The van der Waals surface area contributed by atoms with Gasteiger partial charge in [-0.2, -0.15) is 0 Å². The van der Waals surface area contributed by atoms with Gasteiger partial charge in [-0.15, -0.1) is 0 Å². The van der Waals surface area contributed by atoms with Gasteiger partial charge in [0.1, 0.15) is 5.60 Å². The zero-order chi connectivity index (χ0) is 16.7. The van der Waals surface area contributed by atoms with Crippen molar-refractivity contribution in [2.75, 3.05) is 52.5 Å². The molecular formula is C17H33N3O3. The number of nitrogens with one attached hydrogen (secondary N) is 1. The third kappa shape index (κ3) is 7.06. The maximum absolute atomic E-state index is 12.0. The number of nitrogens with zero attached hydrogens (tertiary/aromatic N) is 2. The quantitative estimate of drug-likeness (QED) is 0.779. The van der Waals surface area contributed by atoms with Crippen LogP contribution in [0.5, 0.6) is 0 Å². The Morgan fingerprint density at radius 3 is 2.61 bits per heavy atom. The van der Waals surface area contributed by atoms with Crippen LogP contribution < -0.4 is 5.32 Å². The Hall–Kier alpha value is -0.850. The third-order valence-electron chi connectivity index (χ3n) is 4.27. The number of hydrogen-bond acceptors (Lipinski definition) is 5. The summed E-state index contributed by atoms with van der Waals surface area (Å²) in [6.07, 6.45) is 3.36. The molecule has 1 N–H and O–H groups in total. The average Bonchev–Trinajstić information content (AvgIpc) is 2.51. The molecule has 2 aliphatic heterocycles. The van der Waals surface area contributed by atoms with E-state index in [0.29, 0.717) is 6.04 Å². The van der Waals surface area contributed by atoms with E-state index in [-0.39, 0.29) is 6.09 Å². The van der Waals surface area contributed by atoms with E-state index in [1.807, 2.05) is 25.7 Å². The van der Waals surface area contributed by atoms with Gasteiger partial charge in [-0.3, -0.25) is 4.90 Å². The first kappa shape index (κ1) is 18.5. The molecule has 6 heteroatoms. The highest BCUT2D eigenvalue weighted by Crippen LogP contribution is 2.12. The minimum atomic E-state index is -0.414. The van der Waals surface area contributed by atoms with Crippen molar-refractivity contribution < 1.29 is 14.3 Å². The van der Waals surface area contributed by atoms with Crippen LogP contribution >= 0.6 is 0 Å². The molecule has 0 bridgehead atoms. The summed E-state index contributed by atoms with van der Waals surface area (Å²) in [6.45, 7) is 13.0. The maximum atomic E-state index is 12.0. The van der Waals surface area contributed by atoms with Crippen LogP contribution in [-0.4, -0.2) is 80.0 Å². The Bertz CT molecular complexity index is 357. The number of piperazine rings is 1. The third-order valence-corrected chi connectivity index (χ3v) is 4.27. The van der Waals surface area contributed by atoms with E-state index < -0.39 is 5.60 Å². The molecule has 0 aromatic heterocycles. The molecule has 2 aliphatic rings. The van der Waals surface area contributed by atoms with Crippen LogP contribution in [0.1, 0.15) is 40.0 Å². The Kier molecular flexibility index (Phi) is 7.11. The number of rotatable bonds is 5. The van der Waals surface area contributed by atoms with Crippen molar-refractivity contribution in [3.05, 3.63) is 0 Å². The maximum Gasteiger partial charge on any atom is 0.410 e. The van der Waals surface area contributed by atoms with E-state index in [9.17, 15) is 4.79 Å². The lowest BCUT2D eigenvalue weighted by Crippen LogP contribution is -2.50. The van der Waals surface area contributed by atoms with Gasteiger partial charge in [0, 0.05) is 38.8 Å². The molecule has 6 nitrogen and oxygen atoms in total. The molecule has 1 atom stereocenters. The summed E-state index contributed by atoms with van der Waals surface area (Å²) in [6, 6.07) is 0.535. The molecule has 2 rings (SSSR count). The first-order valence-corrected chi connectivity index (χ1v) is 8.95. The van der Waals surface area contributed by atoms with E-state index in [2.05, 4.69) is 10.2 Å². The van der Waals surface area contributed by atoms with Crippen molar-refractivity contribution in [1.29, 1.82) is 0 Å². The highest BCUT2D eigenvalue weighted by molar-refractivity contribution is 5.68. The molecule has 2 fully saturated rings. The first-order valence-electron chi connectivity index (χ1n) is 8.95. The van der Waals surface area contributed by atoms with Gasteiger partial charge in [0.05, 0.1) is 6.61 Å². The largest absolute Gasteiger partial charge is 0.444 e. The topological polar surface area (TPSA) is 54.0 Å². The second kappa shape index (κ2) is 8.85. The van der Waals surface area contributed by atoms with Gasteiger partial charge in [-0.1, -0.05) is 0 Å². The van der Waals surface area contributed by atoms with Crippen molar-refractivity contribution in [3.8, 4) is 0 Å². The summed E-state index contributed by atoms with van der Waals surface area (Å²) in [5, 5.41) is 3.58. The molecule has 0 spiro atoms. The second-order valence-electron chi connectivity index (χ2n) is 7.53. The molecule has 23 heavy (non-hydrogen) atoms. The Morgan fingerprint density at radius 2 is 2.00 bits per heavy atom. The van der Waals surface area contributed by atoms with Gasteiger partial charge >= 0.3 is 6.09 Å². The number of ether oxygens (including phenoxy) is 2. The minimum Gasteiger partial charge on any atom is -0.444 e. The highest BCUT2D eigenvalue weighted by Gasteiger charge is 2.25. The van der Waals surface area contributed by atoms with E-state index in [0.717, 1.165) is 58.9 Å². The molecule has 0 aliphatic carbocycles.